The molecule has 0 bridgehead atoms. The first-order valence-electron chi connectivity index (χ1n) is 12.9. The van der Waals surface area contributed by atoms with Crippen molar-refractivity contribution in [3.63, 3.8) is 0 Å². The van der Waals surface area contributed by atoms with E-state index in [1.54, 1.807) is 7.11 Å². The van der Waals surface area contributed by atoms with Crippen molar-refractivity contribution in [2.75, 3.05) is 45.2 Å². The van der Waals surface area contributed by atoms with E-state index in [0.717, 1.165) is 53.4 Å². The molecule has 2 fully saturated rings. The number of hydrogen-bond acceptors (Lipinski definition) is 6. The number of para-hydroxylation sites is 1. The van der Waals surface area contributed by atoms with Gasteiger partial charge in [0.1, 0.15) is 6.04 Å². The predicted molar refractivity (Wildman–Crippen MR) is 140 cm³/mol. The third-order valence-electron chi connectivity index (χ3n) is 7.22. The van der Waals surface area contributed by atoms with Gasteiger partial charge in [0.15, 0.2) is 11.5 Å². The monoisotopic (exact) mass is 476 g/mol. The number of benzene rings is 2. The highest BCUT2D eigenvalue weighted by molar-refractivity contribution is 6.09. The maximum atomic E-state index is 13.0. The summed E-state index contributed by atoms with van der Waals surface area (Å²) >= 11 is 0. The third-order valence-corrected chi connectivity index (χ3v) is 7.22. The molecule has 1 atom stereocenters. The molecule has 3 aromatic rings. The highest BCUT2D eigenvalue weighted by Gasteiger charge is 2.33. The Balaban J connectivity index is 1.45. The van der Waals surface area contributed by atoms with E-state index in [1.807, 2.05) is 35.2 Å². The standard InChI is InChI=1S/C28H36N4O3/c1-19(2)32-15-11-23(28(32)33)30-27-20-9-4-5-10-22(20)29-24-18-26(25(34-3)17-21(24)27)35-16-8-14-31-12-6-7-13-31/h4-5,9-10,17-19,23H,6-8,11-16H2,1-3H3,(H,29,30). The lowest BCUT2D eigenvalue weighted by atomic mass is 10.1. The lowest BCUT2D eigenvalue weighted by Crippen LogP contribution is -2.37. The number of pyridine rings is 1. The maximum absolute atomic E-state index is 13.0. The van der Waals surface area contributed by atoms with Crippen LogP contribution in [0.15, 0.2) is 36.4 Å². The lowest BCUT2D eigenvalue weighted by molar-refractivity contribution is -0.129. The SMILES string of the molecule is COc1cc2c(NC3CCN(C(C)C)C3=O)c3ccccc3nc2cc1OCCCN1CCCC1. The Morgan fingerprint density at radius 2 is 1.86 bits per heavy atom. The number of carbonyl (C=O) groups is 1. The summed E-state index contributed by atoms with van der Waals surface area (Å²) < 4.78 is 11.9. The van der Waals surface area contributed by atoms with E-state index in [1.165, 1.54) is 25.9 Å². The summed E-state index contributed by atoms with van der Waals surface area (Å²) in [5.74, 6) is 1.54. The fraction of sp³-hybridized carbons (Fsp3) is 0.500. The van der Waals surface area contributed by atoms with Gasteiger partial charge in [0, 0.05) is 36.0 Å². The van der Waals surface area contributed by atoms with Crippen LogP contribution in [0.3, 0.4) is 0 Å². The molecule has 5 rings (SSSR count). The Morgan fingerprint density at radius 3 is 2.60 bits per heavy atom. The number of anilines is 1. The Hall–Kier alpha value is -3.06. The van der Waals surface area contributed by atoms with Gasteiger partial charge >= 0.3 is 0 Å². The van der Waals surface area contributed by atoms with E-state index in [2.05, 4.69) is 30.1 Å². The van der Waals surface area contributed by atoms with Crippen molar-refractivity contribution < 1.29 is 14.3 Å². The van der Waals surface area contributed by atoms with Crippen LogP contribution in [0, 0.1) is 0 Å². The zero-order valence-electron chi connectivity index (χ0n) is 21.0. The molecule has 186 valence electrons. The number of methoxy groups -OCH3 is 1. The molecule has 1 N–H and O–H groups in total. The van der Waals surface area contributed by atoms with Crippen molar-refractivity contribution in [1.82, 2.24) is 14.8 Å². The molecule has 0 radical (unpaired) electrons. The van der Waals surface area contributed by atoms with Gasteiger partial charge in [-0.3, -0.25) is 4.79 Å². The molecule has 0 aliphatic carbocycles. The first-order valence-corrected chi connectivity index (χ1v) is 12.9. The van der Waals surface area contributed by atoms with Crippen LogP contribution in [0.4, 0.5) is 5.69 Å². The minimum atomic E-state index is -0.251. The van der Waals surface area contributed by atoms with Crippen molar-refractivity contribution in [3.8, 4) is 11.5 Å². The fourth-order valence-corrected chi connectivity index (χ4v) is 5.33. The van der Waals surface area contributed by atoms with Crippen molar-refractivity contribution in [1.29, 1.82) is 0 Å². The van der Waals surface area contributed by atoms with Crippen LogP contribution in [0.25, 0.3) is 21.8 Å². The molecule has 7 nitrogen and oxygen atoms in total. The van der Waals surface area contributed by atoms with E-state index in [-0.39, 0.29) is 18.0 Å². The predicted octanol–water partition coefficient (Wildman–Crippen LogP) is 4.68. The lowest BCUT2D eigenvalue weighted by Gasteiger charge is -2.22. The Labute approximate surface area is 207 Å². The van der Waals surface area contributed by atoms with Crippen molar-refractivity contribution in [2.45, 2.75) is 51.6 Å². The first kappa shape index (κ1) is 23.7. The molecule has 2 aliphatic heterocycles. The molecule has 0 spiro atoms. The van der Waals surface area contributed by atoms with Crippen molar-refractivity contribution >= 4 is 33.4 Å². The fourth-order valence-electron chi connectivity index (χ4n) is 5.33. The maximum Gasteiger partial charge on any atom is 0.245 e. The summed E-state index contributed by atoms with van der Waals surface area (Å²) in [7, 11) is 1.67. The number of nitrogens with one attached hydrogen (secondary N) is 1. The van der Waals surface area contributed by atoms with Gasteiger partial charge in [-0.15, -0.1) is 0 Å². The molecule has 35 heavy (non-hydrogen) atoms. The van der Waals surface area contributed by atoms with E-state index in [0.29, 0.717) is 18.1 Å². The summed E-state index contributed by atoms with van der Waals surface area (Å²) in [4.78, 5) is 22.4. The van der Waals surface area contributed by atoms with Crippen LogP contribution in [-0.4, -0.2) is 72.7 Å². The van der Waals surface area contributed by atoms with Crippen LogP contribution >= 0.6 is 0 Å². The average Bonchev–Trinajstić information content (AvgIpc) is 3.51. The molecule has 2 aliphatic rings. The average molecular weight is 477 g/mol. The number of ether oxygens (including phenoxy) is 2. The van der Waals surface area contributed by atoms with Gasteiger partial charge in [-0.25, -0.2) is 4.98 Å². The zero-order chi connectivity index (χ0) is 24.4. The Bertz CT molecular complexity index is 1210. The number of amides is 1. The van der Waals surface area contributed by atoms with E-state index in [4.69, 9.17) is 14.5 Å². The third kappa shape index (κ3) is 4.87. The summed E-state index contributed by atoms with van der Waals surface area (Å²) in [5, 5.41) is 5.51. The Morgan fingerprint density at radius 1 is 1.06 bits per heavy atom. The van der Waals surface area contributed by atoms with Gasteiger partial charge in [0.25, 0.3) is 0 Å². The van der Waals surface area contributed by atoms with E-state index in [9.17, 15) is 4.79 Å². The number of aromatic nitrogens is 1. The Kier molecular flexibility index (Phi) is 6.95. The number of nitrogens with zero attached hydrogens (tertiary/aromatic N) is 3. The van der Waals surface area contributed by atoms with Crippen LogP contribution < -0.4 is 14.8 Å². The molecule has 7 heteroatoms. The second kappa shape index (κ2) is 10.3. The topological polar surface area (TPSA) is 66.9 Å². The number of hydrogen-bond donors (Lipinski definition) is 1. The summed E-state index contributed by atoms with van der Waals surface area (Å²) in [6, 6.07) is 12.0. The molecule has 1 unspecified atom stereocenters. The molecular weight excluding hydrogens is 440 g/mol. The first-order chi connectivity index (χ1) is 17.0. The highest BCUT2D eigenvalue weighted by atomic mass is 16.5. The summed E-state index contributed by atoms with van der Waals surface area (Å²) in [6.45, 7) is 9.00. The molecule has 1 aromatic heterocycles. The molecule has 1 amide bonds. The minimum absolute atomic E-state index is 0.152. The van der Waals surface area contributed by atoms with Gasteiger partial charge in [-0.05, 0) is 64.8 Å². The molecule has 0 saturated carbocycles. The summed E-state index contributed by atoms with van der Waals surface area (Å²) in [5.41, 5.74) is 2.64. The van der Waals surface area contributed by atoms with Gasteiger partial charge in [-0.2, -0.15) is 0 Å². The zero-order valence-corrected chi connectivity index (χ0v) is 21.0. The van der Waals surface area contributed by atoms with Crippen LogP contribution in [0.2, 0.25) is 0 Å². The quantitative estimate of drug-likeness (QED) is 0.357. The number of fused-ring (bicyclic) bond motifs is 2. The molecule has 2 aromatic carbocycles. The summed E-state index contributed by atoms with van der Waals surface area (Å²) in [6.07, 6.45) is 4.37. The second-order valence-corrected chi connectivity index (χ2v) is 9.89. The van der Waals surface area contributed by atoms with Gasteiger partial charge < -0.3 is 24.6 Å². The van der Waals surface area contributed by atoms with Crippen LogP contribution in [0.5, 0.6) is 11.5 Å². The number of rotatable bonds is 9. The van der Waals surface area contributed by atoms with E-state index >= 15 is 0 Å². The van der Waals surface area contributed by atoms with Crippen molar-refractivity contribution in [3.05, 3.63) is 36.4 Å². The van der Waals surface area contributed by atoms with Gasteiger partial charge in [0.05, 0.1) is 30.4 Å². The van der Waals surface area contributed by atoms with Gasteiger partial charge in [0.2, 0.25) is 5.91 Å². The minimum Gasteiger partial charge on any atom is -0.493 e. The normalized spacial score (nSPS) is 18.8. The van der Waals surface area contributed by atoms with E-state index < -0.39 is 0 Å². The molecule has 2 saturated heterocycles. The van der Waals surface area contributed by atoms with Crippen molar-refractivity contribution in [2.24, 2.45) is 0 Å². The number of likely N-dealkylation sites (tertiary alicyclic amines) is 2. The molecular formula is C28H36N4O3. The smallest absolute Gasteiger partial charge is 0.245 e. The highest BCUT2D eigenvalue weighted by Crippen LogP contribution is 2.39. The second-order valence-electron chi connectivity index (χ2n) is 9.89. The van der Waals surface area contributed by atoms with Crippen LogP contribution in [0.1, 0.15) is 39.5 Å². The van der Waals surface area contributed by atoms with Crippen LogP contribution in [-0.2, 0) is 4.79 Å². The molecule has 3 heterocycles. The largest absolute Gasteiger partial charge is 0.493 e. The number of carbonyl (C=O) groups excluding carboxylic acids is 1. The van der Waals surface area contributed by atoms with Gasteiger partial charge in [-0.1, -0.05) is 18.2 Å².